The lowest BCUT2D eigenvalue weighted by Gasteiger charge is -2.09. The topological polar surface area (TPSA) is 116 Å². The highest BCUT2D eigenvalue weighted by Crippen LogP contribution is 2.29. The number of hydrogen-bond acceptors (Lipinski definition) is 6. The molecule has 0 bridgehead atoms. The predicted molar refractivity (Wildman–Crippen MR) is 114 cm³/mol. The van der Waals surface area contributed by atoms with E-state index in [4.69, 9.17) is 0 Å². The summed E-state index contributed by atoms with van der Waals surface area (Å²) in [5, 5.41) is 26.1. The fraction of sp³-hybridized carbons (Fsp3) is 0.105. The molecule has 0 atom stereocenters. The van der Waals surface area contributed by atoms with Gasteiger partial charge < -0.3 is 4.57 Å². The molecular formula is C19H16BrN5O4. The molecule has 0 saturated carbocycles. The van der Waals surface area contributed by atoms with Gasteiger partial charge >= 0.3 is 5.69 Å². The molecule has 10 heteroatoms. The third-order valence-electron chi connectivity index (χ3n) is 4.31. The number of hydrogen-bond donors (Lipinski definition) is 1. The number of hydrazone groups is 1. The van der Waals surface area contributed by atoms with Crippen LogP contribution in [0.2, 0.25) is 0 Å². The molecule has 3 rings (SSSR count). The predicted octanol–water partition coefficient (Wildman–Crippen LogP) is 5.12. The summed E-state index contributed by atoms with van der Waals surface area (Å²) < 4.78 is 3.03. The Bertz CT molecular complexity index is 1140. The molecule has 0 saturated heterocycles. The molecule has 3 aromatic rings. The van der Waals surface area contributed by atoms with E-state index < -0.39 is 15.5 Å². The van der Waals surface area contributed by atoms with Crippen molar-refractivity contribution in [1.82, 2.24) is 4.57 Å². The summed E-state index contributed by atoms with van der Waals surface area (Å²) in [6.07, 6.45) is 1.56. The van der Waals surface area contributed by atoms with Crippen LogP contribution in [0, 0.1) is 34.1 Å². The zero-order chi connectivity index (χ0) is 21.1. The Balaban J connectivity index is 1.88. The highest BCUT2D eigenvalue weighted by molar-refractivity contribution is 9.10. The van der Waals surface area contributed by atoms with Gasteiger partial charge in [0.05, 0.1) is 22.1 Å². The second kappa shape index (κ2) is 8.23. The maximum atomic E-state index is 11.2. The Morgan fingerprint density at radius 1 is 1.07 bits per heavy atom. The minimum Gasteiger partial charge on any atom is -0.318 e. The van der Waals surface area contributed by atoms with E-state index in [1.807, 2.05) is 44.2 Å². The SMILES string of the molecule is Cc1cc(/C=N\Nc2ccc([N+](=O)[O-])cc2[N+](=O)[O-])c(C)n1-c1cccc(Br)c1. The number of anilines is 1. The molecule has 0 aliphatic carbocycles. The third-order valence-corrected chi connectivity index (χ3v) is 4.81. The summed E-state index contributed by atoms with van der Waals surface area (Å²) >= 11 is 3.47. The van der Waals surface area contributed by atoms with Crippen molar-refractivity contribution in [3.63, 3.8) is 0 Å². The summed E-state index contributed by atoms with van der Waals surface area (Å²) in [6, 6.07) is 13.2. The molecule has 9 nitrogen and oxygen atoms in total. The quantitative estimate of drug-likeness (QED) is 0.313. The highest BCUT2D eigenvalue weighted by atomic mass is 79.9. The number of halogens is 1. The van der Waals surface area contributed by atoms with Crippen LogP contribution in [0.5, 0.6) is 0 Å². The van der Waals surface area contributed by atoms with Crippen LogP contribution in [-0.2, 0) is 0 Å². The van der Waals surface area contributed by atoms with Crippen molar-refractivity contribution in [2.24, 2.45) is 5.10 Å². The minimum absolute atomic E-state index is 0.0673. The first kappa shape index (κ1) is 20.2. The average Bonchev–Trinajstić information content (AvgIpc) is 2.95. The van der Waals surface area contributed by atoms with Crippen molar-refractivity contribution in [3.8, 4) is 5.69 Å². The van der Waals surface area contributed by atoms with E-state index in [-0.39, 0.29) is 11.4 Å². The Kier molecular flexibility index (Phi) is 5.74. The standard InChI is InChI=1S/C19H16BrN5O4/c1-12-8-14(13(2)23(12)16-5-3-4-15(20)9-16)11-21-22-18-7-6-17(24(26)27)10-19(18)25(28)29/h3-11,22H,1-2H3/b21-11-. The first-order valence-corrected chi connectivity index (χ1v) is 9.24. The van der Waals surface area contributed by atoms with E-state index in [0.29, 0.717) is 0 Å². The number of nitro groups is 2. The zero-order valence-electron chi connectivity index (χ0n) is 15.5. The summed E-state index contributed by atoms with van der Waals surface area (Å²) in [4.78, 5) is 20.6. The van der Waals surface area contributed by atoms with Gasteiger partial charge in [0.2, 0.25) is 0 Å². The molecule has 1 N–H and O–H groups in total. The van der Waals surface area contributed by atoms with E-state index in [9.17, 15) is 20.2 Å². The van der Waals surface area contributed by atoms with Gasteiger partial charge in [-0.05, 0) is 44.2 Å². The number of non-ortho nitro benzene ring substituents is 1. The molecule has 0 aliphatic rings. The van der Waals surface area contributed by atoms with Crippen LogP contribution >= 0.6 is 15.9 Å². The molecule has 2 aromatic carbocycles. The molecule has 0 unspecified atom stereocenters. The second-order valence-electron chi connectivity index (χ2n) is 6.23. The molecule has 0 fully saturated rings. The number of rotatable bonds is 6. The van der Waals surface area contributed by atoms with Crippen LogP contribution in [0.15, 0.2) is 58.1 Å². The van der Waals surface area contributed by atoms with E-state index in [2.05, 4.69) is 31.0 Å². The van der Waals surface area contributed by atoms with E-state index in [1.54, 1.807) is 6.21 Å². The maximum Gasteiger partial charge on any atom is 0.301 e. The van der Waals surface area contributed by atoms with E-state index in [0.717, 1.165) is 33.2 Å². The number of aromatic nitrogens is 1. The first-order chi connectivity index (χ1) is 13.8. The van der Waals surface area contributed by atoms with Crippen molar-refractivity contribution in [2.75, 3.05) is 5.43 Å². The molecule has 0 spiro atoms. The molecule has 0 aliphatic heterocycles. The number of nitro benzene ring substituents is 2. The van der Waals surface area contributed by atoms with Gasteiger partial charge in [0.25, 0.3) is 5.69 Å². The van der Waals surface area contributed by atoms with Gasteiger partial charge in [0.1, 0.15) is 5.69 Å². The second-order valence-corrected chi connectivity index (χ2v) is 7.14. The van der Waals surface area contributed by atoms with Gasteiger partial charge in [0, 0.05) is 33.2 Å². The number of nitrogens with one attached hydrogen (secondary N) is 1. The van der Waals surface area contributed by atoms with Crippen molar-refractivity contribution < 1.29 is 9.85 Å². The van der Waals surface area contributed by atoms with Gasteiger partial charge in [-0.1, -0.05) is 22.0 Å². The maximum absolute atomic E-state index is 11.2. The van der Waals surface area contributed by atoms with E-state index in [1.165, 1.54) is 12.1 Å². The van der Waals surface area contributed by atoms with Crippen LogP contribution in [0.25, 0.3) is 5.69 Å². The lowest BCUT2D eigenvalue weighted by Crippen LogP contribution is -2.00. The molecule has 0 radical (unpaired) electrons. The Morgan fingerprint density at radius 2 is 1.83 bits per heavy atom. The van der Waals surface area contributed by atoms with Crippen LogP contribution in [0.4, 0.5) is 17.1 Å². The fourth-order valence-electron chi connectivity index (χ4n) is 2.98. The zero-order valence-corrected chi connectivity index (χ0v) is 17.1. The summed E-state index contributed by atoms with van der Waals surface area (Å²) in [6.45, 7) is 3.92. The van der Waals surface area contributed by atoms with Crippen molar-refractivity contribution in [2.45, 2.75) is 13.8 Å². The molecular weight excluding hydrogens is 442 g/mol. The van der Waals surface area contributed by atoms with Crippen molar-refractivity contribution in [1.29, 1.82) is 0 Å². The van der Waals surface area contributed by atoms with Crippen molar-refractivity contribution >= 4 is 39.2 Å². The third kappa shape index (κ3) is 4.32. The number of benzene rings is 2. The van der Waals surface area contributed by atoms with Crippen LogP contribution in [0.3, 0.4) is 0 Å². The summed E-state index contributed by atoms with van der Waals surface area (Å²) in [7, 11) is 0. The van der Waals surface area contributed by atoms with Gasteiger partial charge in [-0.3, -0.25) is 25.7 Å². The number of aryl methyl sites for hydroxylation is 1. The average molecular weight is 458 g/mol. The Labute approximate surface area is 174 Å². The van der Waals surface area contributed by atoms with Gasteiger partial charge in [-0.15, -0.1) is 0 Å². The van der Waals surface area contributed by atoms with Crippen LogP contribution in [-0.4, -0.2) is 20.6 Å². The summed E-state index contributed by atoms with van der Waals surface area (Å²) in [5.74, 6) is 0. The molecule has 148 valence electrons. The molecule has 0 amide bonds. The van der Waals surface area contributed by atoms with Gasteiger partial charge in [-0.25, -0.2) is 0 Å². The van der Waals surface area contributed by atoms with Crippen LogP contribution in [0.1, 0.15) is 17.0 Å². The molecule has 1 heterocycles. The Morgan fingerprint density at radius 3 is 2.48 bits per heavy atom. The largest absolute Gasteiger partial charge is 0.318 e. The lowest BCUT2D eigenvalue weighted by atomic mass is 10.2. The minimum atomic E-state index is -0.690. The highest BCUT2D eigenvalue weighted by Gasteiger charge is 2.19. The first-order valence-electron chi connectivity index (χ1n) is 8.44. The smallest absolute Gasteiger partial charge is 0.301 e. The molecule has 29 heavy (non-hydrogen) atoms. The van der Waals surface area contributed by atoms with Gasteiger partial charge in [0.15, 0.2) is 0 Å². The lowest BCUT2D eigenvalue weighted by molar-refractivity contribution is -0.393. The fourth-order valence-corrected chi connectivity index (χ4v) is 3.37. The van der Waals surface area contributed by atoms with Crippen molar-refractivity contribution in [3.05, 3.63) is 90.2 Å². The van der Waals surface area contributed by atoms with Crippen LogP contribution < -0.4 is 5.43 Å². The van der Waals surface area contributed by atoms with E-state index >= 15 is 0 Å². The normalized spacial score (nSPS) is 11.0. The molecule has 1 aromatic heterocycles. The van der Waals surface area contributed by atoms with Gasteiger partial charge in [-0.2, -0.15) is 5.10 Å². The monoisotopic (exact) mass is 457 g/mol. The number of nitrogens with zero attached hydrogens (tertiary/aromatic N) is 4. The Hall–Kier alpha value is -3.53. The summed E-state index contributed by atoms with van der Waals surface area (Å²) in [5.41, 5.74) is 5.67.